The number of rotatable bonds is 15. The van der Waals surface area contributed by atoms with Gasteiger partial charge in [-0.25, -0.2) is 4.79 Å². The first-order chi connectivity index (χ1) is 13.7. The van der Waals surface area contributed by atoms with Gasteiger partial charge < -0.3 is 32.5 Å². The number of amides is 3. The lowest BCUT2D eigenvalue weighted by atomic mass is 10.0. The molecule has 3 amide bonds. The van der Waals surface area contributed by atoms with Crippen molar-refractivity contribution in [1.82, 2.24) is 16.0 Å². The molecule has 0 fully saturated rings. The van der Waals surface area contributed by atoms with Crippen molar-refractivity contribution < 1.29 is 24.3 Å². The van der Waals surface area contributed by atoms with Gasteiger partial charge in [-0.15, -0.1) is 0 Å². The molecule has 0 aliphatic heterocycles. The summed E-state index contributed by atoms with van der Waals surface area (Å²) in [5.74, 6) is -2.40. The van der Waals surface area contributed by atoms with Crippen LogP contribution in [0.2, 0.25) is 0 Å². The number of aliphatic carboxylic acids is 1. The van der Waals surface area contributed by atoms with E-state index in [0.29, 0.717) is 38.0 Å². The standard InChI is InChI=1S/C18H35N5O5S/c1-11(2)15(18(27)28)23-17(26)12(6-4-5-8-19)22-16(25)13(7-9-29-3)21-14(24)10-20/h11-13,15H,4-10,19-20H2,1-3H3,(H,21,24)(H,22,25)(H,23,26)(H,27,28). The summed E-state index contributed by atoms with van der Waals surface area (Å²) in [5, 5.41) is 17.0. The van der Waals surface area contributed by atoms with Crippen LogP contribution in [0.3, 0.4) is 0 Å². The molecular formula is C18H35N5O5S. The molecule has 11 heteroatoms. The monoisotopic (exact) mass is 433 g/mol. The largest absolute Gasteiger partial charge is 0.480 e. The summed E-state index contributed by atoms with van der Waals surface area (Å²) in [5.41, 5.74) is 10.8. The van der Waals surface area contributed by atoms with Crippen LogP contribution in [0.25, 0.3) is 0 Å². The van der Waals surface area contributed by atoms with Crippen LogP contribution in [0.15, 0.2) is 0 Å². The number of carboxylic acid groups (broad SMARTS) is 1. The zero-order valence-electron chi connectivity index (χ0n) is 17.4. The van der Waals surface area contributed by atoms with E-state index in [1.807, 2.05) is 6.26 Å². The molecule has 3 unspecified atom stereocenters. The fraction of sp³-hybridized carbons (Fsp3) is 0.778. The third-order valence-corrected chi connectivity index (χ3v) is 4.90. The van der Waals surface area contributed by atoms with Crippen LogP contribution in [0.1, 0.15) is 39.5 Å². The van der Waals surface area contributed by atoms with Gasteiger partial charge in [0.15, 0.2) is 0 Å². The smallest absolute Gasteiger partial charge is 0.326 e. The Morgan fingerprint density at radius 2 is 1.52 bits per heavy atom. The van der Waals surface area contributed by atoms with E-state index in [0.717, 1.165) is 0 Å². The van der Waals surface area contributed by atoms with Gasteiger partial charge in [0.25, 0.3) is 0 Å². The van der Waals surface area contributed by atoms with Crippen LogP contribution in [0, 0.1) is 5.92 Å². The molecular weight excluding hydrogens is 398 g/mol. The Labute approximate surface area is 176 Å². The fourth-order valence-electron chi connectivity index (χ4n) is 2.56. The average Bonchev–Trinajstić information content (AvgIpc) is 2.67. The number of thioether (sulfide) groups is 1. The van der Waals surface area contributed by atoms with Crippen LogP contribution >= 0.6 is 11.8 Å². The molecule has 0 saturated carbocycles. The lowest BCUT2D eigenvalue weighted by Gasteiger charge is -2.25. The van der Waals surface area contributed by atoms with Crippen molar-refractivity contribution in [2.75, 3.05) is 25.1 Å². The number of nitrogens with two attached hydrogens (primary N) is 2. The molecule has 3 atom stereocenters. The number of carbonyl (C=O) groups excluding carboxylic acids is 3. The van der Waals surface area contributed by atoms with Crippen molar-refractivity contribution in [3.63, 3.8) is 0 Å². The van der Waals surface area contributed by atoms with Crippen LogP contribution in [0.4, 0.5) is 0 Å². The second kappa shape index (κ2) is 15.1. The molecule has 0 aliphatic carbocycles. The molecule has 10 nitrogen and oxygen atoms in total. The normalized spacial score (nSPS) is 14.0. The summed E-state index contributed by atoms with van der Waals surface area (Å²) in [6.07, 6.45) is 3.80. The second-order valence-corrected chi connectivity index (χ2v) is 8.01. The summed E-state index contributed by atoms with van der Waals surface area (Å²) < 4.78 is 0. The number of nitrogens with one attached hydrogen (secondary N) is 3. The second-order valence-electron chi connectivity index (χ2n) is 7.02. The van der Waals surface area contributed by atoms with E-state index in [9.17, 15) is 24.3 Å². The summed E-state index contributed by atoms with van der Waals surface area (Å²) in [4.78, 5) is 48.4. The molecule has 0 saturated heterocycles. The number of hydrogen-bond acceptors (Lipinski definition) is 7. The predicted molar refractivity (Wildman–Crippen MR) is 113 cm³/mol. The van der Waals surface area contributed by atoms with Crippen LogP contribution in [-0.2, 0) is 19.2 Å². The van der Waals surface area contributed by atoms with Crippen LogP contribution < -0.4 is 27.4 Å². The Morgan fingerprint density at radius 3 is 2.00 bits per heavy atom. The highest BCUT2D eigenvalue weighted by molar-refractivity contribution is 7.98. The van der Waals surface area contributed by atoms with Gasteiger partial charge in [-0.1, -0.05) is 13.8 Å². The fourth-order valence-corrected chi connectivity index (χ4v) is 3.03. The molecule has 0 radical (unpaired) electrons. The van der Waals surface area contributed by atoms with E-state index in [1.54, 1.807) is 13.8 Å². The van der Waals surface area contributed by atoms with E-state index in [4.69, 9.17) is 11.5 Å². The van der Waals surface area contributed by atoms with Crippen LogP contribution in [0.5, 0.6) is 0 Å². The highest BCUT2D eigenvalue weighted by Gasteiger charge is 2.30. The molecule has 8 N–H and O–H groups in total. The molecule has 0 rings (SSSR count). The molecule has 0 aromatic rings. The Hall–Kier alpha value is -1.85. The third kappa shape index (κ3) is 11.1. The van der Waals surface area contributed by atoms with E-state index >= 15 is 0 Å². The van der Waals surface area contributed by atoms with Crippen molar-refractivity contribution in [1.29, 1.82) is 0 Å². The van der Waals surface area contributed by atoms with Gasteiger partial charge in [0.1, 0.15) is 18.1 Å². The third-order valence-electron chi connectivity index (χ3n) is 4.26. The van der Waals surface area contributed by atoms with Crippen molar-refractivity contribution in [3.05, 3.63) is 0 Å². The quantitative estimate of drug-likeness (QED) is 0.179. The maximum atomic E-state index is 12.7. The maximum Gasteiger partial charge on any atom is 0.326 e. The lowest BCUT2D eigenvalue weighted by Crippen LogP contribution is -2.57. The molecule has 0 spiro atoms. The molecule has 0 aromatic heterocycles. The zero-order valence-corrected chi connectivity index (χ0v) is 18.2. The molecule has 29 heavy (non-hydrogen) atoms. The van der Waals surface area contributed by atoms with E-state index in [-0.39, 0.29) is 12.5 Å². The number of carboxylic acids is 1. The van der Waals surface area contributed by atoms with E-state index in [2.05, 4.69) is 16.0 Å². The first-order valence-electron chi connectivity index (χ1n) is 9.69. The molecule has 168 valence electrons. The minimum Gasteiger partial charge on any atom is -0.480 e. The first-order valence-corrected chi connectivity index (χ1v) is 11.1. The maximum absolute atomic E-state index is 12.7. The number of unbranched alkanes of at least 4 members (excludes halogenated alkanes) is 1. The highest BCUT2D eigenvalue weighted by atomic mass is 32.2. The Kier molecular flexibility index (Phi) is 14.1. The van der Waals surface area contributed by atoms with Crippen molar-refractivity contribution >= 4 is 35.5 Å². The Bertz CT molecular complexity index is 547. The summed E-state index contributed by atoms with van der Waals surface area (Å²) in [6, 6.07) is -2.83. The van der Waals surface area contributed by atoms with Gasteiger partial charge in [0, 0.05) is 0 Å². The summed E-state index contributed by atoms with van der Waals surface area (Å²) in [6.45, 7) is 3.55. The zero-order chi connectivity index (χ0) is 22.4. The number of carbonyl (C=O) groups is 4. The van der Waals surface area contributed by atoms with E-state index in [1.165, 1.54) is 11.8 Å². The number of hydrogen-bond donors (Lipinski definition) is 6. The molecule has 0 heterocycles. The molecule has 0 aromatic carbocycles. The molecule has 0 bridgehead atoms. The highest BCUT2D eigenvalue weighted by Crippen LogP contribution is 2.07. The van der Waals surface area contributed by atoms with Gasteiger partial charge in [-0.3, -0.25) is 14.4 Å². The predicted octanol–water partition coefficient (Wildman–Crippen LogP) is -0.978. The van der Waals surface area contributed by atoms with Gasteiger partial charge in [-0.05, 0) is 50.2 Å². The Morgan fingerprint density at radius 1 is 0.931 bits per heavy atom. The van der Waals surface area contributed by atoms with E-state index < -0.39 is 41.8 Å². The Balaban J connectivity index is 5.28. The molecule has 0 aliphatic rings. The lowest BCUT2D eigenvalue weighted by molar-refractivity contribution is -0.143. The minimum absolute atomic E-state index is 0.252. The van der Waals surface area contributed by atoms with Crippen molar-refractivity contribution in [2.45, 2.75) is 57.7 Å². The SMILES string of the molecule is CSCCC(NC(=O)CN)C(=O)NC(CCCCN)C(=O)NC(C(=O)O)C(C)C. The first kappa shape index (κ1) is 27.1. The minimum atomic E-state index is -1.14. The van der Waals surface area contributed by atoms with Gasteiger partial charge >= 0.3 is 5.97 Å². The van der Waals surface area contributed by atoms with Gasteiger partial charge in [-0.2, -0.15) is 11.8 Å². The van der Waals surface area contributed by atoms with Crippen molar-refractivity contribution in [2.24, 2.45) is 17.4 Å². The summed E-state index contributed by atoms with van der Waals surface area (Å²) >= 11 is 1.52. The summed E-state index contributed by atoms with van der Waals surface area (Å²) in [7, 11) is 0. The van der Waals surface area contributed by atoms with Gasteiger partial charge in [0.2, 0.25) is 17.7 Å². The van der Waals surface area contributed by atoms with Gasteiger partial charge in [0.05, 0.1) is 6.54 Å². The van der Waals surface area contributed by atoms with Crippen molar-refractivity contribution in [3.8, 4) is 0 Å². The average molecular weight is 434 g/mol. The topological polar surface area (TPSA) is 177 Å². The van der Waals surface area contributed by atoms with Crippen LogP contribution in [-0.4, -0.2) is 72.0 Å².